The zero-order valence-corrected chi connectivity index (χ0v) is 18.3. The number of anilines is 2. The Morgan fingerprint density at radius 1 is 1.25 bits per heavy atom. The molecule has 11 heteroatoms. The summed E-state index contributed by atoms with van der Waals surface area (Å²) in [7, 11) is 0. The maximum absolute atomic E-state index is 14.8. The highest BCUT2D eigenvalue weighted by Gasteiger charge is 2.23. The fraction of sp³-hybridized carbons (Fsp3) is 0.238. The Hall–Kier alpha value is -3.28. The summed E-state index contributed by atoms with van der Waals surface area (Å²) >= 11 is 1.52. The van der Waals surface area contributed by atoms with Crippen LogP contribution in [0.4, 0.5) is 20.3 Å². The van der Waals surface area contributed by atoms with E-state index in [9.17, 15) is 8.78 Å². The van der Waals surface area contributed by atoms with Gasteiger partial charge in [0.1, 0.15) is 5.82 Å². The summed E-state index contributed by atoms with van der Waals surface area (Å²) in [6.07, 6.45) is 2.24. The number of thiophene rings is 1. The molecular weight excluding hydrogens is 436 g/mol. The molecule has 8 nitrogen and oxygen atoms in total. The van der Waals surface area contributed by atoms with E-state index in [4.69, 9.17) is 22.2 Å². The molecule has 0 atom stereocenters. The zero-order chi connectivity index (χ0) is 23.1. The Kier molecular flexibility index (Phi) is 7.92. The average molecular weight is 462 g/mol. The molecule has 7 N–H and O–H groups in total. The van der Waals surface area contributed by atoms with Gasteiger partial charge in [-0.1, -0.05) is 6.92 Å². The van der Waals surface area contributed by atoms with Crippen LogP contribution in [-0.4, -0.2) is 30.5 Å². The second-order valence-corrected chi connectivity index (χ2v) is 7.54. The van der Waals surface area contributed by atoms with Crippen molar-refractivity contribution in [2.75, 3.05) is 30.4 Å². The molecule has 0 aliphatic heterocycles. The number of nitrogen functional groups attached to an aromatic ring is 1. The lowest BCUT2D eigenvalue weighted by Gasteiger charge is -2.22. The topological polar surface area (TPSA) is 128 Å². The molecule has 0 bridgehead atoms. The molecular formula is C21H25F2N7OS. The maximum Gasteiger partial charge on any atom is 0.202 e. The highest BCUT2D eigenvalue weighted by molar-refractivity contribution is 7.08. The highest BCUT2D eigenvalue weighted by Crippen LogP contribution is 2.30. The molecule has 0 saturated heterocycles. The molecule has 0 aliphatic rings. The molecule has 0 amide bonds. The van der Waals surface area contributed by atoms with Crippen LogP contribution >= 0.6 is 11.3 Å². The average Bonchev–Trinajstić information content (AvgIpc) is 3.33. The lowest BCUT2D eigenvalue weighted by Crippen LogP contribution is -2.40. The van der Waals surface area contributed by atoms with E-state index in [-0.39, 0.29) is 35.3 Å². The second kappa shape index (κ2) is 10.8. The van der Waals surface area contributed by atoms with Crippen LogP contribution in [0, 0.1) is 11.6 Å². The molecule has 3 rings (SSSR count). The van der Waals surface area contributed by atoms with Crippen LogP contribution in [0.2, 0.25) is 0 Å². The van der Waals surface area contributed by atoms with Gasteiger partial charge in [-0.2, -0.15) is 20.8 Å². The number of nitrogens with two attached hydrogens (primary N) is 3. The number of hydrazone groups is 1. The van der Waals surface area contributed by atoms with E-state index in [1.807, 2.05) is 23.8 Å². The first kappa shape index (κ1) is 23.4. The van der Waals surface area contributed by atoms with E-state index >= 15 is 0 Å². The Labute approximate surface area is 188 Å². The number of rotatable bonds is 9. The van der Waals surface area contributed by atoms with Crippen molar-refractivity contribution in [3.05, 3.63) is 58.4 Å². The van der Waals surface area contributed by atoms with E-state index in [1.165, 1.54) is 23.5 Å². The molecule has 0 spiro atoms. The van der Waals surface area contributed by atoms with Gasteiger partial charge < -0.3 is 21.6 Å². The standard InChI is InChI=1S/C21H25F2N7OS/c1-2-27-7-3-8-31-17-5-4-16(18(22)19(17)23)30(26)21(29-25)15-10-14(11-28-20(15)24)13-6-9-32-12-13/h4-6,9-12,27H,2-3,7-8,25-26H2,1H3,(H2,24,28)/b29-21-. The number of pyridine rings is 1. The van der Waals surface area contributed by atoms with Crippen LogP contribution in [0.15, 0.2) is 46.3 Å². The van der Waals surface area contributed by atoms with E-state index in [2.05, 4.69) is 15.4 Å². The summed E-state index contributed by atoms with van der Waals surface area (Å²) in [6.45, 7) is 3.76. The van der Waals surface area contributed by atoms with Crippen LogP contribution in [0.25, 0.3) is 11.1 Å². The van der Waals surface area contributed by atoms with Gasteiger partial charge in [0.25, 0.3) is 0 Å². The third-order valence-corrected chi connectivity index (χ3v) is 5.34. The number of nitrogens with zero attached hydrogens (tertiary/aromatic N) is 3. The normalized spacial score (nSPS) is 11.6. The molecule has 170 valence electrons. The predicted octanol–water partition coefficient (Wildman–Crippen LogP) is 3.05. The Morgan fingerprint density at radius 3 is 2.75 bits per heavy atom. The lowest BCUT2D eigenvalue weighted by atomic mass is 10.1. The number of nitrogens with one attached hydrogen (secondary N) is 1. The molecule has 1 aromatic carbocycles. The van der Waals surface area contributed by atoms with Crippen molar-refractivity contribution in [3.63, 3.8) is 0 Å². The van der Waals surface area contributed by atoms with Gasteiger partial charge in [0, 0.05) is 11.8 Å². The van der Waals surface area contributed by atoms with Crippen molar-refractivity contribution < 1.29 is 13.5 Å². The second-order valence-electron chi connectivity index (χ2n) is 6.76. The van der Waals surface area contributed by atoms with Gasteiger partial charge in [0.05, 0.1) is 17.9 Å². The minimum atomic E-state index is -1.20. The monoisotopic (exact) mass is 461 g/mol. The van der Waals surface area contributed by atoms with Crippen molar-refractivity contribution in [2.24, 2.45) is 16.8 Å². The minimum absolute atomic E-state index is 0.0790. The van der Waals surface area contributed by atoms with Gasteiger partial charge in [-0.05, 0) is 60.1 Å². The Balaban J connectivity index is 1.85. The molecule has 0 radical (unpaired) electrons. The summed E-state index contributed by atoms with van der Waals surface area (Å²) in [5, 5.41) is 11.5. The summed E-state index contributed by atoms with van der Waals surface area (Å²) < 4.78 is 34.8. The SMILES string of the molecule is CCNCCCOc1ccc(N(N)/C(=N\N)c2cc(-c3ccsc3)cnc2N)c(F)c1F. The minimum Gasteiger partial charge on any atom is -0.490 e. The first-order valence-electron chi connectivity index (χ1n) is 9.90. The number of hydrogen-bond acceptors (Lipinski definition) is 8. The Bertz CT molecular complexity index is 1080. The summed E-state index contributed by atoms with van der Waals surface area (Å²) in [4.78, 5) is 4.16. The summed E-state index contributed by atoms with van der Waals surface area (Å²) in [6, 6.07) is 6.19. The van der Waals surface area contributed by atoms with Crippen molar-refractivity contribution in [3.8, 4) is 16.9 Å². The number of benzene rings is 1. The number of hydrazine groups is 1. The first-order valence-corrected chi connectivity index (χ1v) is 10.8. The number of halogens is 2. The fourth-order valence-corrected chi connectivity index (χ4v) is 3.66. The number of aromatic nitrogens is 1. The van der Waals surface area contributed by atoms with Crippen LogP contribution in [0.3, 0.4) is 0 Å². The van der Waals surface area contributed by atoms with Crippen molar-refractivity contribution in [1.82, 2.24) is 10.3 Å². The van der Waals surface area contributed by atoms with Crippen molar-refractivity contribution in [1.29, 1.82) is 0 Å². The molecule has 0 aliphatic carbocycles. The van der Waals surface area contributed by atoms with Crippen molar-refractivity contribution >= 4 is 28.7 Å². The molecule has 32 heavy (non-hydrogen) atoms. The third-order valence-electron chi connectivity index (χ3n) is 4.66. The predicted molar refractivity (Wildman–Crippen MR) is 124 cm³/mol. The number of amidine groups is 1. The van der Waals surface area contributed by atoms with Gasteiger partial charge in [-0.25, -0.2) is 15.2 Å². The van der Waals surface area contributed by atoms with Crippen LogP contribution in [0.1, 0.15) is 18.9 Å². The molecule has 0 fully saturated rings. The zero-order valence-electron chi connectivity index (χ0n) is 17.5. The first-order chi connectivity index (χ1) is 15.5. The Morgan fingerprint density at radius 2 is 2.06 bits per heavy atom. The van der Waals surface area contributed by atoms with Crippen LogP contribution in [0.5, 0.6) is 5.75 Å². The third kappa shape index (κ3) is 5.13. The highest BCUT2D eigenvalue weighted by atomic mass is 32.1. The van der Waals surface area contributed by atoms with E-state index in [1.54, 1.807) is 12.3 Å². The molecule has 3 aromatic rings. The van der Waals surface area contributed by atoms with Gasteiger partial charge in [0.2, 0.25) is 5.82 Å². The van der Waals surface area contributed by atoms with Crippen LogP contribution in [-0.2, 0) is 0 Å². The number of hydrogen-bond donors (Lipinski definition) is 4. The molecule has 2 aromatic heterocycles. The fourth-order valence-electron chi connectivity index (χ4n) is 2.99. The smallest absolute Gasteiger partial charge is 0.202 e. The van der Waals surface area contributed by atoms with Gasteiger partial charge in [-0.15, -0.1) is 0 Å². The van der Waals surface area contributed by atoms with E-state index in [0.717, 1.165) is 22.7 Å². The molecule has 0 unspecified atom stereocenters. The quantitative estimate of drug-likeness (QED) is 0.127. The van der Waals surface area contributed by atoms with Gasteiger partial charge in [0.15, 0.2) is 17.4 Å². The van der Waals surface area contributed by atoms with E-state index in [0.29, 0.717) is 13.0 Å². The maximum atomic E-state index is 14.8. The lowest BCUT2D eigenvalue weighted by molar-refractivity contribution is 0.288. The number of ether oxygens (including phenoxy) is 1. The largest absolute Gasteiger partial charge is 0.490 e. The van der Waals surface area contributed by atoms with Gasteiger partial charge in [-0.3, -0.25) is 5.01 Å². The van der Waals surface area contributed by atoms with Gasteiger partial charge >= 0.3 is 0 Å². The van der Waals surface area contributed by atoms with E-state index < -0.39 is 11.6 Å². The van der Waals surface area contributed by atoms with Crippen molar-refractivity contribution in [2.45, 2.75) is 13.3 Å². The summed E-state index contributed by atoms with van der Waals surface area (Å²) in [5.74, 6) is 9.07. The van der Waals surface area contributed by atoms with Crippen LogP contribution < -0.4 is 32.5 Å². The summed E-state index contributed by atoms with van der Waals surface area (Å²) in [5.41, 5.74) is 7.65. The molecule has 2 heterocycles. The molecule has 0 saturated carbocycles.